The lowest BCUT2D eigenvalue weighted by atomic mass is 10.2. The standard InChI is InChI=1S/C12H17BrN2O/c1-14-7-10-6-11(13)8-15-12(10)16-5-4-9-2-3-9/h6,8-9,14H,2-5,7H2,1H3. The summed E-state index contributed by atoms with van der Waals surface area (Å²) in [5.41, 5.74) is 1.10. The van der Waals surface area contributed by atoms with Gasteiger partial charge >= 0.3 is 0 Å². The van der Waals surface area contributed by atoms with Crippen LogP contribution in [-0.4, -0.2) is 18.6 Å². The minimum Gasteiger partial charge on any atom is -0.477 e. The van der Waals surface area contributed by atoms with E-state index in [1.165, 1.54) is 12.8 Å². The van der Waals surface area contributed by atoms with E-state index in [2.05, 4.69) is 32.3 Å². The molecule has 1 aliphatic carbocycles. The third kappa shape index (κ3) is 3.46. The van der Waals surface area contributed by atoms with Crippen molar-refractivity contribution < 1.29 is 4.74 Å². The monoisotopic (exact) mass is 284 g/mol. The van der Waals surface area contributed by atoms with Gasteiger partial charge in [-0.15, -0.1) is 0 Å². The van der Waals surface area contributed by atoms with E-state index in [9.17, 15) is 0 Å². The van der Waals surface area contributed by atoms with Crippen LogP contribution in [0.25, 0.3) is 0 Å². The van der Waals surface area contributed by atoms with E-state index in [0.29, 0.717) is 0 Å². The first-order chi connectivity index (χ1) is 7.79. The van der Waals surface area contributed by atoms with E-state index in [4.69, 9.17) is 4.74 Å². The van der Waals surface area contributed by atoms with E-state index >= 15 is 0 Å². The van der Waals surface area contributed by atoms with Crippen molar-refractivity contribution in [1.29, 1.82) is 0 Å². The van der Waals surface area contributed by atoms with Crippen molar-refractivity contribution in [2.24, 2.45) is 5.92 Å². The van der Waals surface area contributed by atoms with Gasteiger partial charge in [0.15, 0.2) is 0 Å². The summed E-state index contributed by atoms with van der Waals surface area (Å²) in [6, 6.07) is 2.05. The summed E-state index contributed by atoms with van der Waals surface area (Å²) in [6.45, 7) is 1.57. The molecule has 2 rings (SSSR count). The molecular formula is C12H17BrN2O. The van der Waals surface area contributed by atoms with Crippen LogP contribution in [-0.2, 0) is 6.54 Å². The van der Waals surface area contributed by atoms with Crippen LogP contribution < -0.4 is 10.1 Å². The largest absolute Gasteiger partial charge is 0.477 e. The zero-order valence-corrected chi connectivity index (χ0v) is 11.1. The Morgan fingerprint density at radius 2 is 2.38 bits per heavy atom. The van der Waals surface area contributed by atoms with Crippen LogP contribution in [0.1, 0.15) is 24.8 Å². The van der Waals surface area contributed by atoms with Crippen molar-refractivity contribution in [3.05, 3.63) is 22.3 Å². The number of aromatic nitrogens is 1. The topological polar surface area (TPSA) is 34.2 Å². The van der Waals surface area contributed by atoms with Gasteiger partial charge in [0.1, 0.15) is 0 Å². The lowest BCUT2D eigenvalue weighted by Crippen LogP contribution is -2.09. The Hall–Kier alpha value is -0.610. The first-order valence-electron chi connectivity index (χ1n) is 5.71. The normalized spacial score (nSPS) is 15.1. The SMILES string of the molecule is CNCc1cc(Br)cnc1OCCC1CC1. The number of ether oxygens (including phenoxy) is 1. The second-order valence-corrected chi connectivity index (χ2v) is 5.14. The van der Waals surface area contributed by atoms with Crippen LogP contribution in [0.4, 0.5) is 0 Å². The molecule has 0 amide bonds. The fraction of sp³-hybridized carbons (Fsp3) is 0.583. The Morgan fingerprint density at radius 1 is 1.56 bits per heavy atom. The van der Waals surface area contributed by atoms with Crippen molar-refractivity contribution >= 4 is 15.9 Å². The Kier molecular flexibility index (Phi) is 4.18. The molecule has 0 bridgehead atoms. The maximum Gasteiger partial charge on any atom is 0.217 e. The van der Waals surface area contributed by atoms with Gasteiger partial charge in [0.25, 0.3) is 0 Å². The molecule has 1 heterocycles. The van der Waals surface area contributed by atoms with Crippen molar-refractivity contribution in [2.45, 2.75) is 25.8 Å². The van der Waals surface area contributed by atoms with E-state index in [-0.39, 0.29) is 0 Å². The average Bonchev–Trinajstić information content (AvgIpc) is 3.06. The van der Waals surface area contributed by atoms with Gasteiger partial charge in [0, 0.05) is 22.8 Å². The van der Waals surface area contributed by atoms with Crippen LogP contribution in [0.15, 0.2) is 16.7 Å². The predicted molar refractivity (Wildman–Crippen MR) is 67.5 cm³/mol. The molecule has 16 heavy (non-hydrogen) atoms. The van der Waals surface area contributed by atoms with Gasteiger partial charge < -0.3 is 10.1 Å². The van der Waals surface area contributed by atoms with Gasteiger partial charge in [-0.25, -0.2) is 4.98 Å². The smallest absolute Gasteiger partial charge is 0.217 e. The predicted octanol–water partition coefficient (Wildman–Crippen LogP) is 2.74. The molecular weight excluding hydrogens is 268 g/mol. The van der Waals surface area contributed by atoms with Crippen molar-refractivity contribution in [3.63, 3.8) is 0 Å². The number of hydrogen-bond donors (Lipinski definition) is 1. The first-order valence-corrected chi connectivity index (χ1v) is 6.50. The second-order valence-electron chi connectivity index (χ2n) is 4.23. The lowest BCUT2D eigenvalue weighted by Gasteiger charge is -2.10. The number of hydrogen-bond acceptors (Lipinski definition) is 3. The van der Waals surface area contributed by atoms with E-state index < -0.39 is 0 Å². The summed E-state index contributed by atoms with van der Waals surface area (Å²) in [5, 5.41) is 3.12. The van der Waals surface area contributed by atoms with Crippen LogP contribution in [0.2, 0.25) is 0 Å². The molecule has 88 valence electrons. The van der Waals surface area contributed by atoms with Gasteiger partial charge in [0.05, 0.1) is 6.61 Å². The van der Waals surface area contributed by atoms with Gasteiger partial charge in [-0.3, -0.25) is 0 Å². The summed E-state index contributed by atoms with van der Waals surface area (Å²) >= 11 is 3.42. The molecule has 1 saturated carbocycles. The summed E-state index contributed by atoms with van der Waals surface area (Å²) in [4.78, 5) is 4.30. The van der Waals surface area contributed by atoms with Gasteiger partial charge in [-0.1, -0.05) is 12.8 Å². The van der Waals surface area contributed by atoms with Crippen LogP contribution in [0.5, 0.6) is 5.88 Å². The highest BCUT2D eigenvalue weighted by molar-refractivity contribution is 9.10. The highest BCUT2D eigenvalue weighted by atomic mass is 79.9. The summed E-state index contributed by atoms with van der Waals surface area (Å²) in [6.07, 6.45) is 5.70. The summed E-state index contributed by atoms with van der Waals surface area (Å²) < 4.78 is 6.72. The van der Waals surface area contributed by atoms with E-state index in [1.54, 1.807) is 6.20 Å². The molecule has 0 atom stereocenters. The minimum atomic E-state index is 0.762. The third-order valence-electron chi connectivity index (χ3n) is 2.72. The quantitative estimate of drug-likeness (QED) is 0.872. The van der Waals surface area contributed by atoms with Crippen LogP contribution >= 0.6 is 15.9 Å². The fourth-order valence-corrected chi connectivity index (χ4v) is 2.02. The molecule has 4 heteroatoms. The molecule has 0 saturated heterocycles. The van der Waals surface area contributed by atoms with E-state index in [0.717, 1.165) is 41.4 Å². The Morgan fingerprint density at radius 3 is 3.06 bits per heavy atom. The van der Waals surface area contributed by atoms with Crippen molar-refractivity contribution in [3.8, 4) is 5.88 Å². The van der Waals surface area contributed by atoms with Gasteiger partial charge in [-0.05, 0) is 41.4 Å². The van der Waals surface area contributed by atoms with Crippen LogP contribution in [0, 0.1) is 5.92 Å². The molecule has 1 aliphatic rings. The molecule has 1 aromatic heterocycles. The Balaban J connectivity index is 1.93. The maximum absolute atomic E-state index is 5.72. The summed E-state index contributed by atoms with van der Waals surface area (Å²) in [5.74, 6) is 1.67. The molecule has 0 aromatic carbocycles. The zero-order chi connectivity index (χ0) is 11.4. The first kappa shape index (κ1) is 11.9. The van der Waals surface area contributed by atoms with Crippen molar-refractivity contribution in [1.82, 2.24) is 10.3 Å². The number of rotatable bonds is 6. The fourth-order valence-electron chi connectivity index (χ4n) is 1.64. The van der Waals surface area contributed by atoms with Crippen molar-refractivity contribution in [2.75, 3.05) is 13.7 Å². The van der Waals surface area contributed by atoms with E-state index in [1.807, 2.05) is 7.05 Å². The number of nitrogens with one attached hydrogen (secondary N) is 1. The molecule has 0 unspecified atom stereocenters. The van der Waals surface area contributed by atoms with Gasteiger partial charge in [0.2, 0.25) is 5.88 Å². The number of halogens is 1. The van der Waals surface area contributed by atoms with Gasteiger partial charge in [-0.2, -0.15) is 0 Å². The molecule has 1 aromatic rings. The Labute approximate surface area is 105 Å². The molecule has 0 spiro atoms. The molecule has 1 N–H and O–H groups in total. The maximum atomic E-state index is 5.72. The lowest BCUT2D eigenvalue weighted by molar-refractivity contribution is 0.287. The van der Waals surface area contributed by atoms with Crippen LogP contribution in [0.3, 0.4) is 0 Å². The molecule has 1 fully saturated rings. The molecule has 0 radical (unpaired) electrons. The number of nitrogens with zero attached hydrogens (tertiary/aromatic N) is 1. The molecule has 3 nitrogen and oxygen atoms in total. The highest BCUT2D eigenvalue weighted by Crippen LogP contribution is 2.32. The third-order valence-corrected chi connectivity index (χ3v) is 3.15. The molecule has 0 aliphatic heterocycles. The Bertz CT molecular complexity index is 353. The minimum absolute atomic E-state index is 0.762. The second kappa shape index (κ2) is 5.64. The average molecular weight is 285 g/mol. The zero-order valence-electron chi connectivity index (χ0n) is 9.50. The number of pyridine rings is 1. The highest BCUT2D eigenvalue weighted by Gasteiger charge is 2.21. The summed E-state index contributed by atoms with van der Waals surface area (Å²) in [7, 11) is 1.93.